The summed E-state index contributed by atoms with van der Waals surface area (Å²) < 4.78 is 0. The second-order valence-corrected chi connectivity index (χ2v) is 6.34. The van der Waals surface area contributed by atoms with Crippen molar-refractivity contribution in [1.82, 2.24) is 0 Å². The van der Waals surface area contributed by atoms with E-state index in [1.54, 1.807) is 0 Å². The van der Waals surface area contributed by atoms with Gasteiger partial charge >= 0.3 is 0 Å². The van der Waals surface area contributed by atoms with Gasteiger partial charge in [-0.1, -0.05) is 20.4 Å². The first-order chi connectivity index (χ1) is 8.37. The maximum Gasteiger partial charge on any atom is 0.164 e. The smallest absolute Gasteiger partial charge is 0.164 e. The summed E-state index contributed by atoms with van der Waals surface area (Å²) >= 11 is 0. The van der Waals surface area contributed by atoms with Gasteiger partial charge in [-0.25, -0.2) is 0 Å². The van der Waals surface area contributed by atoms with Crippen molar-refractivity contribution in [2.24, 2.45) is 17.3 Å². The van der Waals surface area contributed by atoms with Crippen molar-refractivity contribution in [2.45, 2.75) is 51.6 Å². The molecule has 0 saturated heterocycles. The van der Waals surface area contributed by atoms with Gasteiger partial charge in [0.25, 0.3) is 0 Å². The van der Waals surface area contributed by atoms with Gasteiger partial charge in [-0.05, 0) is 43.6 Å². The molecule has 0 amide bonds. The maximum atomic E-state index is 12.2. The number of ketones is 1. The standard InChI is InChI=1S/C15H24O3/c1-10-9-14(3)11(2)5-6-12(13(10)17)15(14,18)7-4-8-16/h11-12,16,18H,1,4-9H2,2-3H3/t11-,12+,14+,15+/m0/s1. The first-order valence-corrected chi connectivity index (χ1v) is 6.92. The van der Waals surface area contributed by atoms with Crippen molar-refractivity contribution < 1.29 is 15.0 Å². The molecule has 2 fully saturated rings. The van der Waals surface area contributed by atoms with Crippen LogP contribution in [0.3, 0.4) is 0 Å². The van der Waals surface area contributed by atoms with Crippen LogP contribution < -0.4 is 0 Å². The van der Waals surface area contributed by atoms with E-state index in [9.17, 15) is 9.90 Å². The van der Waals surface area contributed by atoms with Gasteiger partial charge in [0.1, 0.15) is 0 Å². The fourth-order valence-electron chi connectivity index (χ4n) is 4.06. The summed E-state index contributed by atoms with van der Waals surface area (Å²) in [6, 6.07) is 0. The number of allylic oxidation sites excluding steroid dienone is 1. The van der Waals surface area contributed by atoms with Crippen molar-refractivity contribution >= 4 is 5.78 Å². The van der Waals surface area contributed by atoms with E-state index in [4.69, 9.17) is 5.11 Å². The molecule has 2 rings (SSSR count). The molecule has 0 radical (unpaired) electrons. The van der Waals surface area contributed by atoms with Gasteiger partial charge in [-0.15, -0.1) is 0 Å². The summed E-state index contributed by atoms with van der Waals surface area (Å²) in [6.45, 7) is 8.20. The van der Waals surface area contributed by atoms with Gasteiger partial charge < -0.3 is 10.2 Å². The molecule has 0 unspecified atom stereocenters. The number of hydrogen-bond donors (Lipinski definition) is 2. The van der Waals surface area contributed by atoms with Crippen LogP contribution in [0.1, 0.15) is 46.0 Å². The average Bonchev–Trinajstić information content (AvgIpc) is 2.32. The molecule has 0 spiro atoms. The van der Waals surface area contributed by atoms with E-state index in [0.29, 0.717) is 30.8 Å². The Morgan fingerprint density at radius 3 is 2.72 bits per heavy atom. The Bertz CT molecular complexity index is 376. The molecule has 0 heterocycles. The van der Waals surface area contributed by atoms with Crippen LogP contribution >= 0.6 is 0 Å². The first kappa shape index (κ1) is 13.8. The number of rotatable bonds is 3. The summed E-state index contributed by atoms with van der Waals surface area (Å²) in [6.07, 6.45) is 3.38. The van der Waals surface area contributed by atoms with E-state index in [1.165, 1.54) is 0 Å². The summed E-state index contributed by atoms with van der Waals surface area (Å²) in [7, 11) is 0. The van der Waals surface area contributed by atoms with Crippen LogP contribution in [0.15, 0.2) is 12.2 Å². The van der Waals surface area contributed by atoms with Crippen LogP contribution in [0.2, 0.25) is 0 Å². The average molecular weight is 252 g/mol. The third-order valence-corrected chi connectivity index (χ3v) is 5.50. The maximum absolute atomic E-state index is 12.2. The van der Waals surface area contributed by atoms with E-state index in [2.05, 4.69) is 20.4 Å². The van der Waals surface area contributed by atoms with Crippen molar-refractivity contribution in [3.05, 3.63) is 12.2 Å². The minimum absolute atomic E-state index is 0.0415. The zero-order valence-corrected chi connectivity index (χ0v) is 11.4. The largest absolute Gasteiger partial charge is 0.396 e. The van der Waals surface area contributed by atoms with Crippen LogP contribution in [-0.2, 0) is 4.79 Å². The van der Waals surface area contributed by atoms with Crippen molar-refractivity contribution in [3.63, 3.8) is 0 Å². The van der Waals surface area contributed by atoms with E-state index in [-0.39, 0.29) is 23.7 Å². The van der Waals surface area contributed by atoms with Crippen molar-refractivity contribution in [3.8, 4) is 0 Å². The lowest BCUT2D eigenvalue weighted by molar-refractivity contribution is -0.190. The predicted octanol–water partition coefficient (Wildman–Crippen LogP) is 2.07. The van der Waals surface area contributed by atoms with Gasteiger partial charge in [0.15, 0.2) is 5.78 Å². The molecule has 0 aromatic rings. The van der Waals surface area contributed by atoms with Gasteiger partial charge in [0, 0.05) is 12.0 Å². The Morgan fingerprint density at radius 1 is 1.44 bits per heavy atom. The van der Waals surface area contributed by atoms with E-state index >= 15 is 0 Å². The molecule has 2 aliphatic rings. The second-order valence-electron chi connectivity index (χ2n) is 6.34. The van der Waals surface area contributed by atoms with E-state index < -0.39 is 5.60 Å². The molecule has 3 heteroatoms. The van der Waals surface area contributed by atoms with Crippen LogP contribution in [0.4, 0.5) is 0 Å². The third kappa shape index (κ3) is 1.68. The van der Waals surface area contributed by atoms with Gasteiger partial charge in [-0.2, -0.15) is 0 Å². The molecule has 2 bridgehead atoms. The minimum atomic E-state index is -0.967. The lowest BCUT2D eigenvalue weighted by atomic mass is 9.47. The van der Waals surface area contributed by atoms with Gasteiger partial charge in [0.05, 0.1) is 11.5 Å². The SMILES string of the molecule is C=C1C[C@]2(C)[C@@H](C)CC[C@H](C1=O)[C@]2(O)CCCO. The predicted molar refractivity (Wildman–Crippen MR) is 70.0 cm³/mol. The normalized spacial score (nSPS) is 44.2. The number of carbonyl (C=O) groups is 1. The molecule has 4 atom stereocenters. The number of aliphatic hydroxyl groups is 2. The summed E-state index contributed by atoms with van der Waals surface area (Å²) in [5.74, 6) is 0.105. The zero-order chi connectivity index (χ0) is 13.6. The first-order valence-electron chi connectivity index (χ1n) is 6.92. The number of carbonyl (C=O) groups excluding carboxylic acids is 1. The Morgan fingerprint density at radius 2 is 2.11 bits per heavy atom. The van der Waals surface area contributed by atoms with Gasteiger partial charge in [0.2, 0.25) is 0 Å². The van der Waals surface area contributed by atoms with E-state index in [1.807, 2.05) is 0 Å². The van der Waals surface area contributed by atoms with E-state index in [0.717, 1.165) is 12.8 Å². The highest BCUT2D eigenvalue weighted by Crippen LogP contribution is 2.59. The number of fused-ring (bicyclic) bond motifs is 2. The summed E-state index contributed by atoms with van der Waals surface area (Å²) in [5, 5.41) is 20.2. The minimum Gasteiger partial charge on any atom is -0.396 e. The van der Waals surface area contributed by atoms with Crippen LogP contribution in [-0.4, -0.2) is 28.2 Å². The van der Waals surface area contributed by atoms with Crippen molar-refractivity contribution in [2.75, 3.05) is 6.61 Å². The highest BCUT2D eigenvalue weighted by Gasteiger charge is 2.61. The lowest BCUT2D eigenvalue weighted by Crippen LogP contribution is -2.63. The topological polar surface area (TPSA) is 57.5 Å². The molecule has 102 valence electrons. The van der Waals surface area contributed by atoms with Crippen molar-refractivity contribution in [1.29, 1.82) is 0 Å². The number of aliphatic hydroxyl groups excluding tert-OH is 1. The molecule has 3 nitrogen and oxygen atoms in total. The summed E-state index contributed by atoms with van der Waals surface area (Å²) in [5.41, 5.74) is -0.579. The second kappa shape index (κ2) is 4.46. The highest BCUT2D eigenvalue weighted by atomic mass is 16.3. The third-order valence-electron chi connectivity index (χ3n) is 5.50. The molecular weight excluding hydrogens is 228 g/mol. The Kier molecular flexibility index (Phi) is 3.41. The highest BCUT2D eigenvalue weighted by molar-refractivity contribution is 5.98. The Labute approximate surface area is 109 Å². The zero-order valence-electron chi connectivity index (χ0n) is 11.4. The molecule has 2 N–H and O–H groups in total. The molecule has 2 saturated carbocycles. The monoisotopic (exact) mass is 252 g/mol. The molecule has 0 aliphatic heterocycles. The van der Waals surface area contributed by atoms with Crippen LogP contribution in [0.5, 0.6) is 0 Å². The fraction of sp³-hybridized carbons (Fsp3) is 0.800. The number of hydrogen-bond acceptors (Lipinski definition) is 3. The lowest BCUT2D eigenvalue weighted by Gasteiger charge is -2.59. The summed E-state index contributed by atoms with van der Waals surface area (Å²) in [4.78, 5) is 12.2. The fourth-order valence-corrected chi connectivity index (χ4v) is 4.06. The van der Waals surface area contributed by atoms with Crippen LogP contribution in [0.25, 0.3) is 0 Å². The Balaban J connectivity index is 2.41. The molecule has 0 aromatic carbocycles. The molecular formula is C15H24O3. The molecule has 18 heavy (non-hydrogen) atoms. The Hall–Kier alpha value is -0.670. The molecule has 2 aliphatic carbocycles. The quantitative estimate of drug-likeness (QED) is 0.756. The molecule has 0 aromatic heterocycles. The number of Topliss-reactive ketones (excluding diaryl/α,β-unsaturated/α-hetero) is 1. The van der Waals surface area contributed by atoms with Crippen LogP contribution in [0, 0.1) is 17.3 Å². The van der Waals surface area contributed by atoms with Gasteiger partial charge in [-0.3, -0.25) is 4.79 Å².